The molecule has 1 aromatic rings. The second kappa shape index (κ2) is 4.22. The van der Waals surface area contributed by atoms with Gasteiger partial charge in [-0.1, -0.05) is 0 Å². The molecular formula is C8H14N4O3S. The van der Waals surface area contributed by atoms with E-state index in [2.05, 4.69) is 14.9 Å². The Kier molecular flexibility index (Phi) is 3.34. The molecule has 1 heterocycles. The van der Waals surface area contributed by atoms with Gasteiger partial charge in [-0.05, 0) is 20.8 Å². The average Bonchev–Trinajstić information content (AvgIpc) is 2.45. The highest BCUT2D eigenvalue weighted by atomic mass is 32.2. The monoisotopic (exact) mass is 246 g/mol. The molecule has 0 saturated carbocycles. The maximum absolute atomic E-state index is 11.9. The Morgan fingerprint density at radius 3 is 2.44 bits per heavy atom. The van der Waals surface area contributed by atoms with E-state index in [-0.39, 0.29) is 4.90 Å². The number of amides is 1. The van der Waals surface area contributed by atoms with E-state index in [0.29, 0.717) is 11.4 Å². The molecule has 4 N–H and O–H groups in total. The quantitative estimate of drug-likeness (QED) is 0.643. The Bertz CT molecular complexity index is 486. The van der Waals surface area contributed by atoms with Gasteiger partial charge >= 0.3 is 0 Å². The standard InChI is InChI=1S/C8H14N4O3S/c1-4-7(5(2)11-10-4)16(14,15)12-6(3)8(9)13/h6,12H,1-3H3,(H2,9,13)(H,10,11). The Hall–Kier alpha value is -1.41. The third kappa shape index (κ3) is 2.39. The largest absolute Gasteiger partial charge is 0.368 e. The first-order valence-corrected chi connectivity index (χ1v) is 6.07. The lowest BCUT2D eigenvalue weighted by atomic mass is 10.4. The third-order valence-corrected chi connectivity index (χ3v) is 3.89. The molecule has 16 heavy (non-hydrogen) atoms. The average molecular weight is 246 g/mol. The van der Waals surface area contributed by atoms with Gasteiger partial charge in [0.25, 0.3) is 0 Å². The van der Waals surface area contributed by atoms with Gasteiger partial charge in [-0.25, -0.2) is 8.42 Å². The number of aromatic nitrogens is 2. The van der Waals surface area contributed by atoms with Gasteiger partial charge in [-0.2, -0.15) is 9.82 Å². The molecule has 0 fully saturated rings. The molecule has 0 aliphatic carbocycles. The van der Waals surface area contributed by atoms with Gasteiger partial charge in [0.1, 0.15) is 4.90 Å². The smallest absolute Gasteiger partial charge is 0.244 e. The molecule has 1 atom stereocenters. The molecule has 0 aliphatic heterocycles. The molecule has 0 saturated heterocycles. The molecule has 1 amide bonds. The lowest BCUT2D eigenvalue weighted by molar-refractivity contribution is -0.119. The number of carbonyl (C=O) groups is 1. The Balaban J connectivity index is 3.09. The number of aromatic amines is 1. The second-order valence-corrected chi connectivity index (χ2v) is 5.16. The van der Waals surface area contributed by atoms with E-state index in [1.165, 1.54) is 6.92 Å². The molecule has 90 valence electrons. The fourth-order valence-corrected chi connectivity index (χ4v) is 2.87. The van der Waals surface area contributed by atoms with Crippen LogP contribution in [-0.2, 0) is 14.8 Å². The molecule has 7 nitrogen and oxygen atoms in total. The number of H-pyrrole nitrogens is 1. The zero-order valence-electron chi connectivity index (χ0n) is 9.23. The van der Waals surface area contributed by atoms with Crippen LogP contribution < -0.4 is 10.5 Å². The summed E-state index contributed by atoms with van der Waals surface area (Å²) in [5.41, 5.74) is 5.75. The normalized spacial score (nSPS) is 13.7. The SMILES string of the molecule is Cc1n[nH]c(C)c1S(=O)(=O)NC(C)C(N)=O. The summed E-state index contributed by atoms with van der Waals surface area (Å²) in [7, 11) is -3.77. The number of hydrogen-bond donors (Lipinski definition) is 3. The summed E-state index contributed by atoms with van der Waals surface area (Å²) in [6.07, 6.45) is 0. The number of sulfonamides is 1. The van der Waals surface area contributed by atoms with Crippen LogP contribution in [0.1, 0.15) is 18.3 Å². The molecular weight excluding hydrogens is 232 g/mol. The van der Waals surface area contributed by atoms with E-state index < -0.39 is 22.0 Å². The van der Waals surface area contributed by atoms with Crippen LogP contribution in [0.15, 0.2) is 4.90 Å². The van der Waals surface area contributed by atoms with Crippen molar-refractivity contribution in [2.75, 3.05) is 0 Å². The van der Waals surface area contributed by atoms with E-state index >= 15 is 0 Å². The predicted molar refractivity (Wildman–Crippen MR) is 57.0 cm³/mol. The number of aryl methyl sites for hydroxylation is 2. The summed E-state index contributed by atoms with van der Waals surface area (Å²) < 4.78 is 25.9. The molecule has 0 radical (unpaired) electrons. The van der Waals surface area contributed by atoms with Crippen molar-refractivity contribution in [3.63, 3.8) is 0 Å². The van der Waals surface area contributed by atoms with Crippen LogP contribution >= 0.6 is 0 Å². The summed E-state index contributed by atoms with van der Waals surface area (Å²) in [6, 6.07) is -0.960. The number of carbonyl (C=O) groups excluding carboxylic acids is 1. The Morgan fingerprint density at radius 2 is 2.06 bits per heavy atom. The second-order valence-electron chi connectivity index (χ2n) is 3.51. The van der Waals surface area contributed by atoms with E-state index in [1.54, 1.807) is 13.8 Å². The van der Waals surface area contributed by atoms with E-state index in [9.17, 15) is 13.2 Å². The van der Waals surface area contributed by atoms with Crippen LogP contribution in [0.4, 0.5) is 0 Å². The highest BCUT2D eigenvalue weighted by Crippen LogP contribution is 2.16. The summed E-state index contributed by atoms with van der Waals surface area (Å²) in [4.78, 5) is 10.8. The maximum atomic E-state index is 11.9. The minimum Gasteiger partial charge on any atom is -0.368 e. The van der Waals surface area contributed by atoms with Crippen molar-refractivity contribution in [3.05, 3.63) is 11.4 Å². The molecule has 1 unspecified atom stereocenters. The summed E-state index contributed by atoms with van der Waals surface area (Å²) in [5, 5.41) is 6.33. The van der Waals surface area contributed by atoms with Crippen LogP contribution in [0.5, 0.6) is 0 Å². The van der Waals surface area contributed by atoms with Crippen molar-refractivity contribution >= 4 is 15.9 Å². The number of nitrogens with one attached hydrogen (secondary N) is 2. The number of primary amides is 1. The van der Waals surface area contributed by atoms with Crippen molar-refractivity contribution < 1.29 is 13.2 Å². The first kappa shape index (κ1) is 12.7. The molecule has 1 aromatic heterocycles. The predicted octanol–water partition coefficient (Wildman–Crippen LogP) is -0.821. The van der Waals surface area contributed by atoms with E-state index in [0.717, 1.165) is 0 Å². The summed E-state index contributed by atoms with van der Waals surface area (Å²) in [5.74, 6) is -0.734. The van der Waals surface area contributed by atoms with Gasteiger partial charge in [-0.15, -0.1) is 0 Å². The van der Waals surface area contributed by atoms with Crippen LogP contribution in [0.3, 0.4) is 0 Å². The number of hydrogen-bond acceptors (Lipinski definition) is 4. The highest BCUT2D eigenvalue weighted by Gasteiger charge is 2.25. The highest BCUT2D eigenvalue weighted by molar-refractivity contribution is 7.89. The van der Waals surface area contributed by atoms with Gasteiger partial charge in [0.05, 0.1) is 17.4 Å². The van der Waals surface area contributed by atoms with Gasteiger partial charge < -0.3 is 5.73 Å². The minimum absolute atomic E-state index is 0.0561. The van der Waals surface area contributed by atoms with Crippen LogP contribution in [0, 0.1) is 13.8 Å². The van der Waals surface area contributed by atoms with Crippen molar-refractivity contribution in [1.29, 1.82) is 0 Å². The van der Waals surface area contributed by atoms with Crippen molar-refractivity contribution in [3.8, 4) is 0 Å². The van der Waals surface area contributed by atoms with E-state index in [1.807, 2.05) is 0 Å². The first-order valence-electron chi connectivity index (χ1n) is 4.59. The molecule has 0 spiro atoms. The van der Waals surface area contributed by atoms with E-state index in [4.69, 9.17) is 5.73 Å². The zero-order valence-corrected chi connectivity index (χ0v) is 10.1. The molecule has 1 rings (SSSR count). The fourth-order valence-electron chi connectivity index (χ4n) is 1.29. The van der Waals surface area contributed by atoms with Crippen molar-refractivity contribution in [2.45, 2.75) is 31.7 Å². The lowest BCUT2D eigenvalue weighted by Crippen LogP contribution is -2.42. The minimum atomic E-state index is -3.77. The van der Waals surface area contributed by atoms with Crippen LogP contribution in [-0.4, -0.2) is 30.6 Å². The van der Waals surface area contributed by atoms with Crippen LogP contribution in [0.2, 0.25) is 0 Å². The topological polar surface area (TPSA) is 118 Å². The number of rotatable bonds is 4. The van der Waals surface area contributed by atoms with Gasteiger partial charge in [0.15, 0.2) is 0 Å². The molecule has 8 heteroatoms. The Labute approximate surface area is 93.5 Å². The zero-order chi connectivity index (χ0) is 12.5. The molecule has 0 aliphatic rings. The summed E-state index contributed by atoms with van der Waals surface area (Å²) >= 11 is 0. The Morgan fingerprint density at radius 1 is 1.50 bits per heavy atom. The summed E-state index contributed by atoms with van der Waals surface area (Å²) in [6.45, 7) is 4.53. The fraction of sp³-hybridized carbons (Fsp3) is 0.500. The van der Waals surface area contributed by atoms with Gasteiger partial charge in [-0.3, -0.25) is 9.89 Å². The number of nitrogens with zero attached hydrogens (tertiary/aromatic N) is 1. The van der Waals surface area contributed by atoms with Crippen LogP contribution in [0.25, 0.3) is 0 Å². The lowest BCUT2D eigenvalue weighted by Gasteiger charge is -2.10. The van der Waals surface area contributed by atoms with Crippen molar-refractivity contribution in [1.82, 2.24) is 14.9 Å². The maximum Gasteiger partial charge on any atom is 0.244 e. The third-order valence-electron chi connectivity index (χ3n) is 2.09. The first-order chi connectivity index (χ1) is 7.25. The van der Waals surface area contributed by atoms with Gasteiger partial charge in [0.2, 0.25) is 15.9 Å². The number of nitrogens with two attached hydrogens (primary N) is 1. The van der Waals surface area contributed by atoms with Gasteiger partial charge in [0, 0.05) is 0 Å². The molecule has 0 aromatic carbocycles. The van der Waals surface area contributed by atoms with Crippen molar-refractivity contribution in [2.24, 2.45) is 5.73 Å². The molecule has 0 bridgehead atoms.